The maximum Gasteiger partial charge on any atom is 0.331 e. The lowest BCUT2D eigenvalue weighted by Gasteiger charge is -2.34. The Morgan fingerprint density at radius 1 is 0.769 bits per heavy atom. The molecule has 3 aromatic carbocycles. The molecule has 0 amide bonds. The lowest BCUT2D eigenvalue weighted by atomic mass is 9.93. The molecule has 0 saturated carbocycles. The molecule has 0 bridgehead atoms. The highest BCUT2D eigenvalue weighted by Gasteiger charge is 2.37. The first-order valence-corrected chi connectivity index (χ1v) is 12.2. The molecule has 0 N–H and O–H groups in total. The number of hydrogen-bond donors (Lipinski definition) is 0. The molecule has 4 rings (SSSR count). The monoisotopic (exact) mass is 536 g/mol. The summed E-state index contributed by atoms with van der Waals surface area (Å²) in [7, 11) is 9.34. The Morgan fingerprint density at radius 2 is 1.41 bits per heavy atom. The van der Waals surface area contributed by atoms with Gasteiger partial charge in [0.1, 0.15) is 29.1 Å². The highest BCUT2D eigenvalue weighted by molar-refractivity contribution is 5.87. The fraction of sp³-hybridized carbons (Fsp3) is 0.300. The SMILES string of the molecule is COc1ccc(/C=C/C(=O)OC2Cc3c(OC)cc(OC)cc3OC2c2cc(OC)c(OC)c(OC)c2)cc1. The van der Waals surface area contributed by atoms with Crippen molar-refractivity contribution in [1.82, 2.24) is 0 Å². The van der Waals surface area contributed by atoms with Crippen LogP contribution in [0.1, 0.15) is 22.8 Å². The maximum atomic E-state index is 13.0. The smallest absolute Gasteiger partial charge is 0.331 e. The van der Waals surface area contributed by atoms with Gasteiger partial charge in [-0.1, -0.05) is 12.1 Å². The number of esters is 1. The van der Waals surface area contributed by atoms with Crippen molar-refractivity contribution in [2.75, 3.05) is 42.7 Å². The molecule has 39 heavy (non-hydrogen) atoms. The summed E-state index contributed by atoms with van der Waals surface area (Å²) in [6, 6.07) is 14.4. The lowest BCUT2D eigenvalue weighted by molar-refractivity contribution is -0.149. The van der Waals surface area contributed by atoms with Crippen LogP contribution in [0, 0.1) is 0 Å². The molecule has 1 heterocycles. The molecule has 0 radical (unpaired) electrons. The van der Waals surface area contributed by atoms with E-state index in [9.17, 15) is 4.79 Å². The second kappa shape index (κ2) is 12.3. The molecule has 1 aliphatic heterocycles. The average molecular weight is 537 g/mol. The van der Waals surface area contributed by atoms with E-state index < -0.39 is 18.2 Å². The van der Waals surface area contributed by atoms with Gasteiger partial charge in [-0.2, -0.15) is 0 Å². The van der Waals surface area contributed by atoms with Gasteiger partial charge >= 0.3 is 5.97 Å². The second-order valence-electron chi connectivity index (χ2n) is 8.59. The van der Waals surface area contributed by atoms with Crippen LogP contribution in [-0.4, -0.2) is 54.7 Å². The van der Waals surface area contributed by atoms with Gasteiger partial charge in [-0.3, -0.25) is 0 Å². The van der Waals surface area contributed by atoms with Gasteiger partial charge in [0.05, 0.1) is 42.7 Å². The van der Waals surface area contributed by atoms with Crippen molar-refractivity contribution >= 4 is 12.0 Å². The van der Waals surface area contributed by atoms with Gasteiger partial charge in [0.25, 0.3) is 0 Å². The van der Waals surface area contributed by atoms with E-state index in [0.29, 0.717) is 46.5 Å². The summed E-state index contributed by atoms with van der Waals surface area (Å²) in [5, 5.41) is 0. The van der Waals surface area contributed by atoms with Crippen LogP contribution < -0.4 is 33.2 Å². The van der Waals surface area contributed by atoms with Gasteiger partial charge < -0.3 is 37.9 Å². The first kappa shape index (κ1) is 27.5. The molecule has 0 spiro atoms. The highest BCUT2D eigenvalue weighted by Crippen LogP contribution is 2.46. The standard InChI is InChI=1S/C30H32O9/c1-32-20-10-7-18(8-11-20)9-12-28(31)38-27-17-22-23(34-3)15-21(33-2)16-24(22)39-29(27)19-13-25(35-4)30(37-6)26(14-19)36-5/h7-16,27,29H,17H2,1-6H3/b12-9+. The van der Waals surface area contributed by atoms with Crippen molar-refractivity contribution in [1.29, 1.82) is 0 Å². The van der Waals surface area contributed by atoms with Crippen LogP contribution >= 0.6 is 0 Å². The quantitative estimate of drug-likeness (QED) is 0.261. The predicted molar refractivity (Wildman–Crippen MR) is 145 cm³/mol. The first-order valence-electron chi connectivity index (χ1n) is 12.2. The van der Waals surface area contributed by atoms with Crippen LogP contribution in [0.2, 0.25) is 0 Å². The van der Waals surface area contributed by atoms with Crippen LogP contribution in [0.3, 0.4) is 0 Å². The molecule has 2 atom stereocenters. The normalized spacial score (nSPS) is 16.1. The van der Waals surface area contributed by atoms with Crippen LogP contribution in [0.5, 0.6) is 40.2 Å². The molecule has 1 aliphatic rings. The maximum absolute atomic E-state index is 13.0. The molecule has 3 aromatic rings. The van der Waals surface area contributed by atoms with Crippen LogP contribution in [0.4, 0.5) is 0 Å². The van der Waals surface area contributed by atoms with Gasteiger partial charge in [0.2, 0.25) is 5.75 Å². The average Bonchev–Trinajstić information content (AvgIpc) is 2.98. The number of benzene rings is 3. The Kier molecular flexibility index (Phi) is 8.70. The summed E-state index contributed by atoms with van der Waals surface area (Å²) in [6.07, 6.45) is 2.01. The van der Waals surface area contributed by atoms with Crippen LogP contribution in [0.15, 0.2) is 54.6 Å². The number of hydrogen-bond acceptors (Lipinski definition) is 9. The van der Waals surface area contributed by atoms with Gasteiger partial charge in [0, 0.05) is 35.8 Å². The zero-order valence-corrected chi connectivity index (χ0v) is 22.8. The van der Waals surface area contributed by atoms with E-state index in [1.165, 1.54) is 27.4 Å². The zero-order chi connectivity index (χ0) is 27.9. The number of ether oxygens (including phenoxy) is 8. The summed E-state index contributed by atoms with van der Waals surface area (Å²) in [5.74, 6) is 3.27. The van der Waals surface area contributed by atoms with Crippen molar-refractivity contribution in [3.05, 3.63) is 71.3 Å². The number of carbonyl (C=O) groups excluding carboxylic acids is 1. The third-order valence-electron chi connectivity index (χ3n) is 6.40. The van der Waals surface area contributed by atoms with E-state index in [1.807, 2.05) is 24.3 Å². The van der Waals surface area contributed by atoms with E-state index in [4.69, 9.17) is 37.9 Å². The number of fused-ring (bicyclic) bond motifs is 1. The van der Waals surface area contributed by atoms with E-state index in [0.717, 1.165) is 16.9 Å². The Hall–Kier alpha value is -4.53. The predicted octanol–water partition coefficient (Wildman–Crippen LogP) is 5.04. The van der Waals surface area contributed by atoms with Crippen molar-refractivity contribution in [2.45, 2.75) is 18.6 Å². The number of carbonyl (C=O) groups is 1. The van der Waals surface area contributed by atoms with Crippen molar-refractivity contribution < 1.29 is 42.7 Å². The Morgan fingerprint density at radius 3 is 1.97 bits per heavy atom. The highest BCUT2D eigenvalue weighted by atomic mass is 16.6. The molecular weight excluding hydrogens is 504 g/mol. The summed E-state index contributed by atoms with van der Waals surface area (Å²) < 4.78 is 45.2. The van der Waals surface area contributed by atoms with Crippen molar-refractivity contribution in [3.63, 3.8) is 0 Å². The van der Waals surface area contributed by atoms with E-state index in [2.05, 4.69) is 0 Å². The molecule has 9 nitrogen and oxygen atoms in total. The topological polar surface area (TPSA) is 90.9 Å². The molecule has 0 aromatic heterocycles. The molecule has 2 unspecified atom stereocenters. The summed E-state index contributed by atoms with van der Waals surface area (Å²) in [5.41, 5.74) is 2.26. The summed E-state index contributed by atoms with van der Waals surface area (Å²) in [6.45, 7) is 0. The fourth-order valence-corrected chi connectivity index (χ4v) is 4.44. The third-order valence-corrected chi connectivity index (χ3v) is 6.40. The van der Waals surface area contributed by atoms with Gasteiger partial charge in [-0.25, -0.2) is 4.79 Å². The second-order valence-corrected chi connectivity index (χ2v) is 8.59. The Labute approximate surface area is 227 Å². The van der Waals surface area contributed by atoms with Crippen LogP contribution in [0.25, 0.3) is 6.08 Å². The lowest BCUT2D eigenvalue weighted by Crippen LogP contribution is -2.34. The molecular formula is C30H32O9. The minimum absolute atomic E-state index is 0.339. The van der Waals surface area contributed by atoms with E-state index >= 15 is 0 Å². The molecule has 0 fully saturated rings. The molecule has 0 saturated heterocycles. The van der Waals surface area contributed by atoms with Crippen molar-refractivity contribution in [2.24, 2.45) is 0 Å². The molecule has 9 heteroatoms. The number of methoxy groups -OCH3 is 6. The number of rotatable bonds is 10. The molecule has 206 valence electrons. The minimum atomic E-state index is -0.699. The molecule has 0 aliphatic carbocycles. The minimum Gasteiger partial charge on any atom is -0.497 e. The fourth-order valence-electron chi connectivity index (χ4n) is 4.44. The third kappa shape index (κ3) is 5.98. The van der Waals surface area contributed by atoms with Gasteiger partial charge in [-0.05, 0) is 35.9 Å². The zero-order valence-electron chi connectivity index (χ0n) is 22.8. The van der Waals surface area contributed by atoms with Gasteiger partial charge in [-0.15, -0.1) is 0 Å². The Bertz CT molecular complexity index is 1310. The van der Waals surface area contributed by atoms with Crippen molar-refractivity contribution in [3.8, 4) is 40.2 Å². The van der Waals surface area contributed by atoms with E-state index in [1.54, 1.807) is 51.7 Å². The van der Waals surface area contributed by atoms with Gasteiger partial charge in [0.15, 0.2) is 17.6 Å². The largest absolute Gasteiger partial charge is 0.497 e. The van der Waals surface area contributed by atoms with Crippen LogP contribution in [-0.2, 0) is 16.0 Å². The van der Waals surface area contributed by atoms with E-state index in [-0.39, 0.29) is 0 Å². The first-order chi connectivity index (χ1) is 18.9. The summed E-state index contributed by atoms with van der Waals surface area (Å²) in [4.78, 5) is 13.0. The Balaban J connectivity index is 1.70. The summed E-state index contributed by atoms with van der Waals surface area (Å²) >= 11 is 0.